The molecule has 1 N–H and O–H groups in total. The van der Waals surface area contributed by atoms with Crippen molar-refractivity contribution >= 4 is 5.91 Å². The minimum Gasteiger partial charge on any atom is -0.340 e. The summed E-state index contributed by atoms with van der Waals surface area (Å²) in [7, 11) is 0. The fourth-order valence-corrected chi connectivity index (χ4v) is 2.53. The van der Waals surface area contributed by atoms with E-state index in [9.17, 15) is 9.59 Å². The normalized spacial score (nSPS) is 16.2. The van der Waals surface area contributed by atoms with Crippen LogP contribution >= 0.6 is 0 Å². The van der Waals surface area contributed by atoms with Crippen molar-refractivity contribution in [2.45, 2.75) is 27.3 Å². The van der Waals surface area contributed by atoms with Crippen LogP contribution in [0.25, 0.3) is 0 Å². The predicted molar refractivity (Wildman–Crippen MR) is 78.7 cm³/mol. The maximum atomic E-state index is 12.6. The van der Waals surface area contributed by atoms with Crippen molar-refractivity contribution < 1.29 is 4.79 Å². The van der Waals surface area contributed by atoms with Gasteiger partial charge < -0.3 is 14.8 Å². The second-order valence-corrected chi connectivity index (χ2v) is 6.10. The summed E-state index contributed by atoms with van der Waals surface area (Å²) >= 11 is 0. The number of aromatic nitrogens is 1. The molecule has 0 atom stereocenters. The van der Waals surface area contributed by atoms with Crippen molar-refractivity contribution in [3.05, 3.63) is 34.2 Å². The average molecular weight is 277 g/mol. The summed E-state index contributed by atoms with van der Waals surface area (Å²) in [5, 5.41) is 3.24. The fourth-order valence-electron chi connectivity index (χ4n) is 2.53. The zero-order valence-corrected chi connectivity index (χ0v) is 12.5. The number of amides is 1. The van der Waals surface area contributed by atoms with E-state index in [1.165, 1.54) is 0 Å². The molecule has 1 aliphatic rings. The molecule has 0 spiro atoms. The van der Waals surface area contributed by atoms with Gasteiger partial charge in [0.2, 0.25) is 5.91 Å². The summed E-state index contributed by atoms with van der Waals surface area (Å²) in [6.07, 6.45) is 1.77. The number of carbonyl (C=O) groups excluding carboxylic acids is 1. The highest BCUT2D eigenvalue weighted by atomic mass is 16.2. The topological polar surface area (TPSA) is 54.3 Å². The van der Waals surface area contributed by atoms with E-state index in [0.717, 1.165) is 31.7 Å². The van der Waals surface area contributed by atoms with Crippen molar-refractivity contribution in [1.29, 1.82) is 0 Å². The minimum absolute atomic E-state index is 0.0498. The molecule has 1 saturated heterocycles. The summed E-state index contributed by atoms with van der Waals surface area (Å²) in [6.45, 7) is 9.28. The molecule has 1 aromatic heterocycles. The monoisotopic (exact) mass is 277 g/mol. The fraction of sp³-hybridized carbons (Fsp3) is 0.600. The molecule has 1 fully saturated rings. The van der Waals surface area contributed by atoms with Crippen LogP contribution < -0.4 is 10.9 Å². The first-order chi connectivity index (χ1) is 9.40. The van der Waals surface area contributed by atoms with E-state index in [-0.39, 0.29) is 11.5 Å². The molecule has 0 unspecified atom stereocenters. The number of piperazine rings is 1. The zero-order valence-electron chi connectivity index (χ0n) is 12.5. The summed E-state index contributed by atoms with van der Waals surface area (Å²) in [5.41, 5.74) is 0.319. The van der Waals surface area contributed by atoms with Crippen molar-refractivity contribution in [2.75, 3.05) is 26.2 Å². The van der Waals surface area contributed by atoms with Gasteiger partial charge in [-0.25, -0.2) is 0 Å². The lowest BCUT2D eigenvalue weighted by atomic mass is 9.91. The molecule has 1 amide bonds. The molecule has 1 aliphatic heterocycles. The number of carbonyl (C=O) groups is 1. The smallest absolute Gasteiger partial charge is 0.250 e. The van der Waals surface area contributed by atoms with Crippen LogP contribution in [0, 0.1) is 12.3 Å². The third-order valence-electron chi connectivity index (χ3n) is 3.70. The number of aryl methyl sites for hydroxylation is 1. The van der Waals surface area contributed by atoms with Gasteiger partial charge in [-0.2, -0.15) is 0 Å². The highest BCUT2D eigenvalue weighted by Crippen LogP contribution is 2.21. The molecular weight excluding hydrogens is 254 g/mol. The number of hydrogen-bond acceptors (Lipinski definition) is 3. The van der Waals surface area contributed by atoms with Gasteiger partial charge >= 0.3 is 0 Å². The SMILES string of the molecule is Cc1ccn(CC(C)(C)C(=O)N2CCNCC2)c(=O)c1. The molecule has 5 heteroatoms. The van der Waals surface area contributed by atoms with Crippen LogP contribution in [-0.2, 0) is 11.3 Å². The summed E-state index contributed by atoms with van der Waals surface area (Å²) in [4.78, 5) is 26.4. The maximum absolute atomic E-state index is 12.6. The second-order valence-electron chi connectivity index (χ2n) is 6.10. The number of nitrogens with zero attached hydrogens (tertiary/aromatic N) is 2. The molecule has 110 valence electrons. The second kappa shape index (κ2) is 5.79. The van der Waals surface area contributed by atoms with Gasteiger partial charge in [0, 0.05) is 45.0 Å². The minimum atomic E-state index is -0.573. The average Bonchev–Trinajstić information content (AvgIpc) is 2.42. The van der Waals surface area contributed by atoms with Gasteiger partial charge in [0.25, 0.3) is 5.56 Å². The summed E-state index contributed by atoms with van der Waals surface area (Å²) < 4.78 is 1.62. The van der Waals surface area contributed by atoms with Crippen molar-refractivity contribution in [2.24, 2.45) is 5.41 Å². The Morgan fingerprint density at radius 1 is 1.35 bits per heavy atom. The Labute approximate surface area is 119 Å². The number of rotatable bonds is 3. The van der Waals surface area contributed by atoms with Crippen molar-refractivity contribution in [3.8, 4) is 0 Å². The lowest BCUT2D eigenvalue weighted by Gasteiger charge is -2.34. The standard InChI is InChI=1S/C15H23N3O2/c1-12-4-7-18(13(19)10-12)11-15(2,3)14(20)17-8-5-16-6-9-17/h4,7,10,16H,5-6,8-9,11H2,1-3H3. The number of nitrogens with one attached hydrogen (secondary N) is 1. The third kappa shape index (κ3) is 3.28. The maximum Gasteiger partial charge on any atom is 0.250 e. The molecule has 0 aromatic carbocycles. The van der Waals surface area contributed by atoms with Gasteiger partial charge in [-0.15, -0.1) is 0 Å². The highest BCUT2D eigenvalue weighted by molar-refractivity contribution is 5.82. The van der Waals surface area contributed by atoms with Crippen LogP contribution in [0.15, 0.2) is 23.1 Å². The Bertz CT molecular complexity index is 542. The van der Waals surface area contributed by atoms with Crippen LogP contribution in [0.2, 0.25) is 0 Å². The van der Waals surface area contributed by atoms with Gasteiger partial charge in [0.1, 0.15) is 0 Å². The quantitative estimate of drug-likeness (QED) is 0.881. The molecule has 0 radical (unpaired) electrons. The Balaban J connectivity index is 2.13. The molecular formula is C15H23N3O2. The molecule has 0 bridgehead atoms. The van der Waals surface area contributed by atoms with Crippen molar-refractivity contribution in [3.63, 3.8) is 0 Å². The first kappa shape index (κ1) is 14.8. The first-order valence-electron chi connectivity index (χ1n) is 7.07. The Morgan fingerprint density at radius 3 is 2.60 bits per heavy atom. The van der Waals surface area contributed by atoms with Crippen LogP contribution in [-0.4, -0.2) is 41.6 Å². The molecule has 2 rings (SSSR count). The Kier molecular flexibility index (Phi) is 4.28. The largest absolute Gasteiger partial charge is 0.340 e. The van der Waals surface area contributed by atoms with Crippen LogP contribution in [0.3, 0.4) is 0 Å². The Hall–Kier alpha value is -1.62. The van der Waals surface area contributed by atoms with Crippen molar-refractivity contribution in [1.82, 2.24) is 14.8 Å². The van der Waals surface area contributed by atoms with E-state index in [1.807, 2.05) is 31.7 Å². The van der Waals surface area contributed by atoms with Crippen LogP contribution in [0.4, 0.5) is 0 Å². The number of pyridine rings is 1. The van der Waals surface area contributed by atoms with Gasteiger partial charge in [-0.05, 0) is 32.4 Å². The van der Waals surface area contributed by atoms with Gasteiger partial charge in [0.15, 0.2) is 0 Å². The molecule has 0 saturated carbocycles. The van der Waals surface area contributed by atoms with Gasteiger partial charge in [-0.3, -0.25) is 9.59 Å². The van der Waals surface area contributed by atoms with E-state index in [2.05, 4.69) is 5.32 Å². The molecule has 20 heavy (non-hydrogen) atoms. The van der Waals surface area contributed by atoms with Gasteiger partial charge in [0.05, 0.1) is 5.41 Å². The van der Waals surface area contributed by atoms with E-state index >= 15 is 0 Å². The molecule has 2 heterocycles. The van der Waals surface area contributed by atoms with Crippen LogP contribution in [0.5, 0.6) is 0 Å². The van der Waals surface area contributed by atoms with Crippen LogP contribution in [0.1, 0.15) is 19.4 Å². The van der Waals surface area contributed by atoms with Gasteiger partial charge in [-0.1, -0.05) is 0 Å². The molecule has 0 aliphatic carbocycles. The molecule has 1 aromatic rings. The highest BCUT2D eigenvalue weighted by Gasteiger charge is 2.33. The zero-order chi connectivity index (χ0) is 14.8. The first-order valence-corrected chi connectivity index (χ1v) is 7.07. The predicted octanol–water partition coefficient (Wildman–Crippen LogP) is 0.615. The summed E-state index contributed by atoms with van der Waals surface area (Å²) in [6, 6.07) is 3.50. The summed E-state index contributed by atoms with van der Waals surface area (Å²) in [5.74, 6) is 0.117. The van der Waals surface area contributed by atoms with E-state index < -0.39 is 5.41 Å². The van der Waals surface area contributed by atoms with E-state index in [0.29, 0.717) is 6.54 Å². The third-order valence-corrected chi connectivity index (χ3v) is 3.70. The lowest BCUT2D eigenvalue weighted by Crippen LogP contribution is -2.51. The van der Waals surface area contributed by atoms with E-state index in [4.69, 9.17) is 0 Å². The molecule has 5 nitrogen and oxygen atoms in total. The lowest BCUT2D eigenvalue weighted by molar-refractivity contribution is -0.141. The Morgan fingerprint density at radius 2 is 2.00 bits per heavy atom. The number of hydrogen-bond donors (Lipinski definition) is 1. The van der Waals surface area contributed by atoms with E-state index in [1.54, 1.807) is 16.8 Å².